The van der Waals surface area contributed by atoms with Gasteiger partial charge in [-0.15, -0.1) is 11.8 Å². The van der Waals surface area contributed by atoms with Gasteiger partial charge in [-0.05, 0) is 26.0 Å². The van der Waals surface area contributed by atoms with Crippen LogP contribution < -0.4 is 0 Å². The highest BCUT2D eigenvalue weighted by molar-refractivity contribution is 7.99. The highest BCUT2D eigenvalue weighted by atomic mass is 32.2. The number of rotatable bonds is 5. The van der Waals surface area contributed by atoms with Gasteiger partial charge in [0.2, 0.25) is 0 Å². The fraction of sp³-hybridized carbons (Fsp3) is 0.308. The Bertz CT molecular complexity index is 368. The molecule has 0 radical (unpaired) electrons. The Kier molecular flexibility index (Phi) is 5.12. The summed E-state index contributed by atoms with van der Waals surface area (Å²) in [7, 11) is 0. The third-order valence-electron chi connectivity index (χ3n) is 2.00. The molecule has 0 amide bonds. The molecule has 1 aromatic carbocycles. The van der Waals surface area contributed by atoms with Crippen molar-refractivity contribution in [2.45, 2.75) is 18.7 Å². The van der Waals surface area contributed by atoms with E-state index >= 15 is 0 Å². The van der Waals surface area contributed by atoms with Gasteiger partial charge in [-0.25, -0.2) is 4.79 Å². The minimum Gasteiger partial charge on any atom is -0.463 e. The van der Waals surface area contributed by atoms with Crippen LogP contribution in [0.2, 0.25) is 0 Å². The molecule has 0 aliphatic rings. The summed E-state index contributed by atoms with van der Waals surface area (Å²) in [5, 5.41) is 0. The monoisotopic (exact) mass is 236 g/mol. The second-order valence-corrected chi connectivity index (χ2v) is 4.47. The molecule has 0 fully saturated rings. The van der Waals surface area contributed by atoms with E-state index < -0.39 is 0 Å². The van der Waals surface area contributed by atoms with Crippen LogP contribution in [0.4, 0.5) is 0 Å². The van der Waals surface area contributed by atoms with E-state index in [1.54, 1.807) is 18.7 Å². The van der Waals surface area contributed by atoms with Crippen molar-refractivity contribution in [1.29, 1.82) is 0 Å². The summed E-state index contributed by atoms with van der Waals surface area (Å²) in [6, 6.07) is 8.18. The van der Waals surface area contributed by atoms with Crippen LogP contribution in [0.3, 0.4) is 0 Å². The summed E-state index contributed by atoms with van der Waals surface area (Å²) < 4.78 is 4.86. The maximum absolute atomic E-state index is 11.3. The Balaban J connectivity index is 2.42. The van der Waals surface area contributed by atoms with Crippen LogP contribution in [-0.4, -0.2) is 18.3 Å². The van der Waals surface area contributed by atoms with Gasteiger partial charge in [-0.3, -0.25) is 0 Å². The number of carbonyl (C=O) groups is 1. The number of esters is 1. The molecule has 86 valence electrons. The molecule has 0 aliphatic heterocycles. The zero-order valence-corrected chi connectivity index (χ0v) is 10.5. The molecule has 1 rings (SSSR count). The van der Waals surface area contributed by atoms with E-state index in [-0.39, 0.29) is 5.97 Å². The van der Waals surface area contributed by atoms with Gasteiger partial charge in [-0.2, -0.15) is 0 Å². The Labute approximate surface area is 101 Å². The van der Waals surface area contributed by atoms with E-state index in [0.717, 1.165) is 4.90 Å². The maximum Gasteiger partial charge on any atom is 0.334 e. The van der Waals surface area contributed by atoms with Gasteiger partial charge in [0.15, 0.2) is 0 Å². The van der Waals surface area contributed by atoms with E-state index in [1.807, 2.05) is 19.1 Å². The summed E-state index contributed by atoms with van der Waals surface area (Å²) in [5.74, 6) is 0.268. The zero-order chi connectivity index (χ0) is 12.0. The number of hydrogen-bond acceptors (Lipinski definition) is 3. The Morgan fingerprint density at radius 2 is 2.00 bits per heavy atom. The van der Waals surface area contributed by atoms with Gasteiger partial charge in [0.1, 0.15) is 0 Å². The quantitative estimate of drug-likeness (QED) is 0.446. The van der Waals surface area contributed by atoms with E-state index in [9.17, 15) is 4.79 Å². The standard InChI is InChI=1S/C13H16O2S/c1-4-15-13(14)11(3)9-16-12-7-5-10(2)6-8-12/h5-8H,3-4,9H2,1-2H3. The van der Waals surface area contributed by atoms with Crippen molar-refractivity contribution in [3.8, 4) is 0 Å². The summed E-state index contributed by atoms with van der Waals surface area (Å²) in [4.78, 5) is 12.4. The van der Waals surface area contributed by atoms with E-state index in [4.69, 9.17) is 4.74 Å². The van der Waals surface area contributed by atoms with Crippen LogP contribution >= 0.6 is 11.8 Å². The van der Waals surface area contributed by atoms with Crippen molar-refractivity contribution >= 4 is 17.7 Å². The number of benzene rings is 1. The molecule has 0 N–H and O–H groups in total. The highest BCUT2D eigenvalue weighted by Gasteiger charge is 2.07. The fourth-order valence-corrected chi connectivity index (χ4v) is 1.88. The first-order chi connectivity index (χ1) is 7.63. The van der Waals surface area contributed by atoms with Crippen LogP contribution in [0.15, 0.2) is 41.3 Å². The molecule has 0 unspecified atom stereocenters. The summed E-state index contributed by atoms with van der Waals surface area (Å²) in [6.07, 6.45) is 0. The Morgan fingerprint density at radius 1 is 1.38 bits per heavy atom. The lowest BCUT2D eigenvalue weighted by Gasteiger charge is -2.05. The van der Waals surface area contributed by atoms with Gasteiger partial charge in [0.25, 0.3) is 0 Å². The van der Waals surface area contributed by atoms with Crippen molar-refractivity contribution in [2.75, 3.05) is 12.4 Å². The minimum absolute atomic E-state index is 0.304. The van der Waals surface area contributed by atoms with Crippen LogP contribution in [0.25, 0.3) is 0 Å². The lowest BCUT2D eigenvalue weighted by Crippen LogP contribution is -2.08. The number of carbonyl (C=O) groups excluding carboxylic acids is 1. The van der Waals surface area contributed by atoms with Crippen LogP contribution in [0.1, 0.15) is 12.5 Å². The predicted molar refractivity (Wildman–Crippen MR) is 67.7 cm³/mol. The lowest BCUT2D eigenvalue weighted by atomic mass is 10.2. The van der Waals surface area contributed by atoms with Crippen molar-refractivity contribution < 1.29 is 9.53 Å². The summed E-state index contributed by atoms with van der Waals surface area (Å²) >= 11 is 1.59. The molecule has 0 heterocycles. The first kappa shape index (κ1) is 12.8. The molecule has 2 nitrogen and oxygen atoms in total. The Morgan fingerprint density at radius 3 is 2.56 bits per heavy atom. The molecule has 0 aliphatic carbocycles. The normalized spacial score (nSPS) is 9.88. The van der Waals surface area contributed by atoms with Gasteiger partial charge >= 0.3 is 5.97 Å². The van der Waals surface area contributed by atoms with Gasteiger partial charge in [0, 0.05) is 16.2 Å². The molecule has 0 bridgehead atoms. The number of hydrogen-bond donors (Lipinski definition) is 0. The second-order valence-electron chi connectivity index (χ2n) is 3.43. The predicted octanol–water partition coefficient (Wildman–Crippen LogP) is 3.21. The molecule has 0 atom stereocenters. The SMILES string of the molecule is C=C(CSc1ccc(C)cc1)C(=O)OCC. The third-order valence-corrected chi connectivity index (χ3v) is 3.10. The van der Waals surface area contributed by atoms with Gasteiger partial charge in [0.05, 0.1) is 6.61 Å². The molecular formula is C13H16O2S. The Hall–Kier alpha value is -1.22. The van der Waals surface area contributed by atoms with E-state index in [1.165, 1.54) is 5.56 Å². The molecule has 0 spiro atoms. The molecule has 0 aromatic heterocycles. The van der Waals surface area contributed by atoms with Crippen molar-refractivity contribution in [3.05, 3.63) is 42.0 Å². The molecular weight excluding hydrogens is 220 g/mol. The summed E-state index contributed by atoms with van der Waals surface area (Å²) in [6.45, 7) is 7.94. The lowest BCUT2D eigenvalue weighted by molar-refractivity contribution is -0.138. The first-order valence-corrected chi connectivity index (χ1v) is 6.16. The third kappa shape index (κ3) is 4.11. The molecule has 0 saturated carbocycles. The maximum atomic E-state index is 11.3. The first-order valence-electron chi connectivity index (χ1n) is 5.18. The van der Waals surface area contributed by atoms with E-state index in [2.05, 4.69) is 18.7 Å². The molecule has 3 heteroatoms. The average molecular weight is 236 g/mol. The van der Waals surface area contributed by atoms with Crippen LogP contribution in [0, 0.1) is 6.92 Å². The molecule has 16 heavy (non-hydrogen) atoms. The molecule has 1 aromatic rings. The zero-order valence-electron chi connectivity index (χ0n) is 9.66. The van der Waals surface area contributed by atoms with Crippen LogP contribution in [0.5, 0.6) is 0 Å². The van der Waals surface area contributed by atoms with Crippen LogP contribution in [-0.2, 0) is 9.53 Å². The van der Waals surface area contributed by atoms with E-state index in [0.29, 0.717) is 17.9 Å². The largest absolute Gasteiger partial charge is 0.463 e. The van der Waals surface area contributed by atoms with Gasteiger partial charge in [-0.1, -0.05) is 24.3 Å². The van der Waals surface area contributed by atoms with Gasteiger partial charge < -0.3 is 4.74 Å². The van der Waals surface area contributed by atoms with Crippen molar-refractivity contribution in [2.24, 2.45) is 0 Å². The fourth-order valence-electron chi connectivity index (χ4n) is 1.10. The smallest absolute Gasteiger partial charge is 0.334 e. The van der Waals surface area contributed by atoms with Crippen molar-refractivity contribution in [1.82, 2.24) is 0 Å². The second kappa shape index (κ2) is 6.38. The summed E-state index contributed by atoms with van der Waals surface area (Å²) in [5.41, 5.74) is 1.74. The number of ether oxygens (including phenoxy) is 1. The molecule has 0 saturated heterocycles. The topological polar surface area (TPSA) is 26.3 Å². The average Bonchev–Trinajstić information content (AvgIpc) is 2.28. The number of thioether (sulfide) groups is 1. The minimum atomic E-state index is -0.304. The number of aryl methyl sites for hydroxylation is 1. The van der Waals surface area contributed by atoms with Crippen molar-refractivity contribution in [3.63, 3.8) is 0 Å². The highest BCUT2D eigenvalue weighted by Crippen LogP contribution is 2.20.